The molecule has 1 aromatic rings. The van der Waals surface area contributed by atoms with Gasteiger partial charge in [-0.25, -0.2) is 4.98 Å². The van der Waals surface area contributed by atoms with E-state index in [2.05, 4.69) is 22.3 Å². The van der Waals surface area contributed by atoms with Gasteiger partial charge in [-0.1, -0.05) is 0 Å². The first-order chi connectivity index (χ1) is 6.38. The number of nitrogens with zero attached hydrogens (tertiary/aromatic N) is 1. The molecule has 0 radical (unpaired) electrons. The molecule has 0 saturated heterocycles. The lowest BCUT2D eigenvalue weighted by Crippen LogP contribution is -2.28. The standard InChI is InChI=1S/C9H13N3S/c1-2-3-4-5-8(12-10)9-6-13-7-11-9/h6-8,12H,4-5,10H2,1H3. The summed E-state index contributed by atoms with van der Waals surface area (Å²) in [6.07, 6.45) is 1.75. The van der Waals surface area contributed by atoms with Gasteiger partial charge in [-0.3, -0.25) is 11.3 Å². The minimum absolute atomic E-state index is 0.132. The molecule has 3 nitrogen and oxygen atoms in total. The first kappa shape index (κ1) is 10.2. The molecule has 0 aliphatic carbocycles. The molecule has 0 bridgehead atoms. The number of hydrogen-bond donors (Lipinski definition) is 2. The van der Waals surface area contributed by atoms with Crippen LogP contribution in [0.4, 0.5) is 0 Å². The molecule has 13 heavy (non-hydrogen) atoms. The van der Waals surface area contributed by atoms with Crippen molar-refractivity contribution in [3.8, 4) is 11.8 Å². The number of rotatable bonds is 4. The number of nitrogens with one attached hydrogen (secondary N) is 1. The van der Waals surface area contributed by atoms with E-state index in [-0.39, 0.29) is 6.04 Å². The molecule has 3 N–H and O–H groups in total. The maximum absolute atomic E-state index is 5.41. The Morgan fingerprint density at radius 3 is 3.15 bits per heavy atom. The third-order valence-electron chi connectivity index (χ3n) is 1.74. The highest BCUT2D eigenvalue weighted by Gasteiger charge is 2.09. The van der Waals surface area contributed by atoms with E-state index in [1.165, 1.54) is 0 Å². The van der Waals surface area contributed by atoms with Crippen LogP contribution < -0.4 is 11.3 Å². The summed E-state index contributed by atoms with van der Waals surface area (Å²) in [5.41, 5.74) is 5.56. The highest BCUT2D eigenvalue weighted by molar-refractivity contribution is 7.07. The van der Waals surface area contributed by atoms with Crippen molar-refractivity contribution in [1.29, 1.82) is 0 Å². The van der Waals surface area contributed by atoms with Gasteiger partial charge in [0.1, 0.15) is 0 Å². The van der Waals surface area contributed by atoms with E-state index in [1.54, 1.807) is 11.3 Å². The van der Waals surface area contributed by atoms with Crippen molar-refractivity contribution in [2.45, 2.75) is 25.8 Å². The Hall–Kier alpha value is -0.890. The van der Waals surface area contributed by atoms with Crippen LogP contribution in [0.15, 0.2) is 10.9 Å². The normalized spacial score (nSPS) is 11.8. The number of thiazole rings is 1. The highest BCUT2D eigenvalue weighted by atomic mass is 32.1. The second-order valence-electron chi connectivity index (χ2n) is 2.60. The first-order valence-corrected chi connectivity index (χ1v) is 5.06. The first-order valence-electron chi connectivity index (χ1n) is 4.12. The van der Waals surface area contributed by atoms with Gasteiger partial charge in [0, 0.05) is 11.8 Å². The molecule has 0 aliphatic heterocycles. The topological polar surface area (TPSA) is 50.9 Å². The summed E-state index contributed by atoms with van der Waals surface area (Å²) in [7, 11) is 0. The van der Waals surface area contributed by atoms with Gasteiger partial charge in [-0.05, 0) is 13.3 Å². The SMILES string of the molecule is CC#CCCC(NN)c1cscn1. The van der Waals surface area contributed by atoms with Gasteiger partial charge in [-0.15, -0.1) is 23.2 Å². The molecule has 1 aromatic heterocycles. The van der Waals surface area contributed by atoms with Crippen LogP contribution in [0.3, 0.4) is 0 Å². The molecule has 70 valence electrons. The zero-order valence-electron chi connectivity index (χ0n) is 7.58. The third kappa shape index (κ3) is 3.15. The average Bonchev–Trinajstić information content (AvgIpc) is 2.65. The smallest absolute Gasteiger partial charge is 0.0795 e. The minimum Gasteiger partial charge on any atom is -0.271 e. The van der Waals surface area contributed by atoms with Gasteiger partial charge < -0.3 is 0 Å². The summed E-state index contributed by atoms with van der Waals surface area (Å²) in [6.45, 7) is 1.84. The second-order valence-corrected chi connectivity index (χ2v) is 3.32. The lowest BCUT2D eigenvalue weighted by molar-refractivity contribution is 0.514. The number of aromatic nitrogens is 1. The fraction of sp³-hybridized carbons (Fsp3) is 0.444. The summed E-state index contributed by atoms with van der Waals surface area (Å²) >= 11 is 1.58. The quantitative estimate of drug-likeness (QED) is 0.434. The molecular weight excluding hydrogens is 182 g/mol. The fourth-order valence-corrected chi connectivity index (χ4v) is 1.66. The monoisotopic (exact) mass is 195 g/mol. The van der Waals surface area contributed by atoms with Gasteiger partial charge in [0.25, 0.3) is 0 Å². The molecule has 4 heteroatoms. The van der Waals surface area contributed by atoms with Crippen molar-refractivity contribution in [3.63, 3.8) is 0 Å². The van der Waals surface area contributed by atoms with E-state index in [1.807, 2.05) is 17.8 Å². The van der Waals surface area contributed by atoms with E-state index >= 15 is 0 Å². The number of hydrazine groups is 1. The van der Waals surface area contributed by atoms with Gasteiger partial charge in [0.15, 0.2) is 0 Å². The van der Waals surface area contributed by atoms with Crippen molar-refractivity contribution in [2.75, 3.05) is 0 Å². The van der Waals surface area contributed by atoms with Gasteiger partial charge in [0.2, 0.25) is 0 Å². The molecule has 0 aliphatic rings. The van der Waals surface area contributed by atoms with Crippen LogP contribution in [0.25, 0.3) is 0 Å². The summed E-state index contributed by atoms with van der Waals surface area (Å²) in [6, 6.07) is 0.132. The van der Waals surface area contributed by atoms with Crippen LogP contribution >= 0.6 is 11.3 Å². The molecular formula is C9H13N3S. The van der Waals surface area contributed by atoms with E-state index in [0.717, 1.165) is 18.5 Å². The minimum atomic E-state index is 0.132. The summed E-state index contributed by atoms with van der Waals surface area (Å²) < 4.78 is 0. The van der Waals surface area contributed by atoms with Crippen LogP contribution in [0.2, 0.25) is 0 Å². The fourth-order valence-electron chi connectivity index (χ4n) is 1.05. The van der Waals surface area contributed by atoms with Crippen molar-refractivity contribution >= 4 is 11.3 Å². The molecule has 1 unspecified atom stereocenters. The maximum atomic E-state index is 5.41. The van der Waals surface area contributed by atoms with Crippen LogP contribution in [-0.2, 0) is 0 Å². The van der Waals surface area contributed by atoms with Crippen molar-refractivity contribution in [1.82, 2.24) is 10.4 Å². The molecule has 1 heterocycles. The molecule has 0 fully saturated rings. The van der Waals surface area contributed by atoms with E-state index in [4.69, 9.17) is 5.84 Å². The van der Waals surface area contributed by atoms with Crippen molar-refractivity contribution in [2.24, 2.45) is 5.84 Å². The van der Waals surface area contributed by atoms with Crippen LogP contribution in [0.1, 0.15) is 31.5 Å². The van der Waals surface area contributed by atoms with Crippen LogP contribution in [0, 0.1) is 11.8 Å². The van der Waals surface area contributed by atoms with Crippen LogP contribution in [0.5, 0.6) is 0 Å². The Labute approximate surface area is 82.3 Å². The number of hydrogen-bond acceptors (Lipinski definition) is 4. The van der Waals surface area contributed by atoms with Crippen LogP contribution in [-0.4, -0.2) is 4.98 Å². The third-order valence-corrected chi connectivity index (χ3v) is 2.35. The molecule has 1 rings (SSSR count). The zero-order valence-corrected chi connectivity index (χ0v) is 8.40. The summed E-state index contributed by atoms with van der Waals surface area (Å²) in [4.78, 5) is 4.19. The largest absolute Gasteiger partial charge is 0.271 e. The highest BCUT2D eigenvalue weighted by Crippen LogP contribution is 2.16. The van der Waals surface area contributed by atoms with Gasteiger partial charge in [-0.2, -0.15) is 0 Å². The van der Waals surface area contributed by atoms with Gasteiger partial charge in [0.05, 0.1) is 17.2 Å². The van der Waals surface area contributed by atoms with Gasteiger partial charge >= 0.3 is 0 Å². The molecule has 1 atom stereocenters. The molecule has 0 aromatic carbocycles. The Morgan fingerprint density at radius 2 is 2.62 bits per heavy atom. The predicted octanol–water partition coefficient (Wildman–Crippen LogP) is 1.45. The maximum Gasteiger partial charge on any atom is 0.0795 e. The summed E-state index contributed by atoms with van der Waals surface area (Å²) in [5, 5.41) is 2.00. The second kappa shape index (κ2) is 5.70. The Balaban J connectivity index is 2.47. The van der Waals surface area contributed by atoms with Crippen molar-refractivity contribution < 1.29 is 0 Å². The van der Waals surface area contributed by atoms with E-state index < -0.39 is 0 Å². The average molecular weight is 195 g/mol. The lowest BCUT2D eigenvalue weighted by Gasteiger charge is -2.10. The number of nitrogens with two attached hydrogens (primary N) is 1. The Kier molecular flexibility index (Phi) is 4.47. The Bertz CT molecular complexity index is 284. The molecule has 0 saturated carbocycles. The molecule has 0 amide bonds. The lowest BCUT2D eigenvalue weighted by atomic mass is 10.1. The summed E-state index contributed by atoms with van der Waals surface area (Å²) in [5.74, 6) is 11.3. The predicted molar refractivity (Wildman–Crippen MR) is 54.9 cm³/mol. The zero-order chi connectivity index (χ0) is 9.52. The Morgan fingerprint density at radius 1 is 1.77 bits per heavy atom. The van der Waals surface area contributed by atoms with E-state index in [9.17, 15) is 0 Å². The van der Waals surface area contributed by atoms with E-state index in [0.29, 0.717) is 0 Å². The molecule has 0 spiro atoms. The van der Waals surface area contributed by atoms with Crippen molar-refractivity contribution in [3.05, 3.63) is 16.6 Å².